The fourth-order valence-electron chi connectivity index (χ4n) is 3.50. The summed E-state index contributed by atoms with van der Waals surface area (Å²) < 4.78 is 0. The Kier molecular flexibility index (Phi) is 4.59. The highest BCUT2D eigenvalue weighted by atomic mass is 16.1. The summed E-state index contributed by atoms with van der Waals surface area (Å²) in [6.45, 7) is 2.02. The maximum atomic E-state index is 12.5. The highest BCUT2D eigenvalue weighted by molar-refractivity contribution is 5.92. The molecular weight excluding hydrogens is 336 g/mol. The lowest BCUT2D eigenvalue weighted by Gasteiger charge is -2.21. The van der Waals surface area contributed by atoms with Gasteiger partial charge in [0.15, 0.2) is 5.82 Å². The average molecular weight is 358 g/mol. The van der Waals surface area contributed by atoms with Crippen molar-refractivity contribution in [1.82, 2.24) is 9.97 Å². The van der Waals surface area contributed by atoms with E-state index in [1.165, 1.54) is 5.56 Å². The van der Waals surface area contributed by atoms with E-state index in [0.717, 1.165) is 46.7 Å². The van der Waals surface area contributed by atoms with Gasteiger partial charge in [-0.25, -0.2) is 9.97 Å². The molecular formula is C22H22N4O. The van der Waals surface area contributed by atoms with Gasteiger partial charge in [-0.2, -0.15) is 0 Å². The molecule has 4 rings (SSSR count). The maximum Gasteiger partial charge on any atom is 0.229 e. The van der Waals surface area contributed by atoms with Crippen LogP contribution in [-0.2, 0) is 30.5 Å². The van der Waals surface area contributed by atoms with Crippen LogP contribution in [0.25, 0.3) is 11.3 Å². The molecule has 1 aliphatic rings. The largest absolute Gasteiger partial charge is 0.399 e. The molecule has 2 aromatic carbocycles. The number of aryl methyl sites for hydroxylation is 3. The molecule has 0 fully saturated rings. The predicted octanol–water partition coefficient (Wildman–Crippen LogP) is 3.57. The van der Waals surface area contributed by atoms with Gasteiger partial charge in [-0.05, 0) is 42.5 Å². The number of nitrogens with zero attached hydrogens (tertiary/aromatic N) is 2. The van der Waals surface area contributed by atoms with Crippen molar-refractivity contribution in [1.29, 1.82) is 0 Å². The quantitative estimate of drug-likeness (QED) is 0.699. The van der Waals surface area contributed by atoms with Crippen molar-refractivity contribution >= 4 is 17.4 Å². The average Bonchev–Trinajstić information content (AvgIpc) is 2.67. The molecule has 0 unspecified atom stereocenters. The lowest BCUT2D eigenvalue weighted by Crippen LogP contribution is -2.19. The Morgan fingerprint density at radius 2 is 1.93 bits per heavy atom. The van der Waals surface area contributed by atoms with Crippen molar-refractivity contribution in [2.75, 3.05) is 11.1 Å². The van der Waals surface area contributed by atoms with Crippen molar-refractivity contribution in [3.05, 3.63) is 71.0 Å². The van der Waals surface area contributed by atoms with Crippen LogP contribution < -0.4 is 11.1 Å². The van der Waals surface area contributed by atoms with Gasteiger partial charge in [0, 0.05) is 11.3 Å². The van der Waals surface area contributed by atoms with E-state index < -0.39 is 0 Å². The molecule has 0 saturated heterocycles. The molecule has 0 aliphatic heterocycles. The summed E-state index contributed by atoms with van der Waals surface area (Å²) >= 11 is 0. The normalized spacial score (nSPS) is 12.2. The van der Waals surface area contributed by atoms with Gasteiger partial charge in [-0.1, -0.05) is 43.3 Å². The second-order valence-corrected chi connectivity index (χ2v) is 6.79. The van der Waals surface area contributed by atoms with Crippen molar-refractivity contribution < 1.29 is 4.79 Å². The van der Waals surface area contributed by atoms with Crippen LogP contribution in [0.15, 0.2) is 48.5 Å². The van der Waals surface area contributed by atoms with Crippen molar-refractivity contribution in [2.24, 2.45) is 0 Å². The number of nitrogens with one attached hydrogen (secondary N) is 1. The zero-order chi connectivity index (χ0) is 18.8. The summed E-state index contributed by atoms with van der Waals surface area (Å²) in [6.07, 6.45) is 2.70. The molecule has 0 radical (unpaired) electrons. The lowest BCUT2D eigenvalue weighted by molar-refractivity contribution is -0.115. The van der Waals surface area contributed by atoms with Gasteiger partial charge in [-0.3, -0.25) is 4.79 Å². The molecule has 27 heavy (non-hydrogen) atoms. The Labute approximate surface area is 158 Å². The topological polar surface area (TPSA) is 80.9 Å². The SMILES string of the molecule is CCc1nc2c(nc1NC(=O)Cc1ccccc1)CCc1cc(N)ccc1-2. The molecule has 0 bridgehead atoms. The summed E-state index contributed by atoms with van der Waals surface area (Å²) in [5.74, 6) is 0.505. The zero-order valence-electron chi connectivity index (χ0n) is 15.3. The van der Waals surface area contributed by atoms with Crippen LogP contribution in [0.5, 0.6) is 0 Å². The van der Waals surface area contributed by atoms with Gasteiger partial charge in [0.05, 0.1) is 23.5 Å². The molecule has 3 aromatic rings. The number of amides is 1. The molecule has 5 heteroatoms. The van der Waals surface area contributed by atoms with Crippen LogP contribution in [0.2, 0.25) is 0 Å². The summed E-state index contributed by atoms with van der Waals surface area (Å²) in [7, 11) is 0. The van der Waals surface area contributed by atoms with Crippen molar-refractivity contribution in [3.8, 4) is 11.3 Å². The third-order valence-corrected chi connectivity index (χ3v) is 4.86. The molecule has 5 nitrogen and oxygen atoms in total. The molecule has 0 spiro atoms. The highest BCUT2D eigenvalue weighted by Gasteiger charge is 2.22. The Morgan fingerprint density at radius 1 is 1.11 bits per heavy atom. The second kappa shape index (κ2) is 7.19. The van der Waals surface area contributed by atoms with Crippen LogP contribution in [-0.4, -0.2) is 15.9 Å². The monoisotopic (exact) mass is 358 g/mol. The zero-order valence-corrected chi connectivity index (χ0v) is 15.3. The van der Waals surface area contributed by atoms with Crippen LogP contribution in [0.1, 0.15) is 29.4 Å². The number of hydrogen-bond donors (Lipinski definition) is 2. The fraction of sp³-hybridized carbons (Fsp3) is 0.227. The second-order valence-electron chi connectivity index (χ2n) is 6.79. The number of fused-ring (bicyclic) bond motifs is 3. The third kappa shape index (κ3) is 3.53. The fourth-order valence-corrected chi connectivity index (χ4v) is 3.50. The Morgan fingerprint density at radius 3 is 2.70 bits per heavy atom. The van der Waals surface area contributed by atoms with E-state index in [2.05, 4.69) is 5.32 Å². The van der Waals surface area contributed by atoms with E-state index in [1.807, 2.05) is 55.5 Å². The van der Waals surface area contributed by atoms with Crippen molar-refractivity contribution in [2.45, 2.75) is 32.6 Å². The van der Waals surface area contributed by atoms with Gasteiger partial charge in [0.25, 0.3) is 0 Å². The molecule has 136 valence electrons. The number of nitrogens with two attached hydrogens (primary N) is 1. The number of anilines is 2. The van der Waals surface area contributed by atoms with Gasteiger partial charge in [0.2, 0.25) is 5.91 Å². The van der Waals surface area contributed by atoms with E-state index in [1.54, 1.807) is 0 Å². The molecule has 0 saturated carbocycles. The summed E-state index contributed by atoms with van der Waals surface area (Å²) in [4.78, 5) is 22.1. The first-order valence-electron chi connectivity index (χ1n) is 9.26. The number of carbonyl (C=O) groups is 1. The number of hydrogen-bond acceptors (Lipinski definition) is 4. The summed E-state index contributed by atoms with van der Waals surface area (Å²) in [5.41, 5.74) is 12.6. The number of benzene rings is 2. The standard InChI is InChI=1S/C22H22N4O/c1-2-18-22(26-20(27)12-14-6-4-3-5-7-14)25-19-11-8-15-13-16(23)9-10-17(15)21(19)24-18/h3-7,9-10,13H,2,8,11-12,23H2,1H3,(H,25,26,27). The van der Waals surface area contributed by atoms with E-state index >= 15 is 0 Å². The molecule has 1 heterocycles. The Hall–Kier alpha value is -3.21. The minimum Gasteiger partial charge on any atom is -0.399 e. The summed E-state index contributed by atoms with van der Waals surface area (Å²) in [5, 5.41) is 2.96. The smallest absolute Gasteiger partial charge is 0.229 e. The van der Waals surface area contributed by atoms with Crippen LogP contribution >= 0.6 is 0 Å². The number of nitrogen functional groups attached to an aromatic ring is 1. The van der Waals surface area contributed by atoms with E-state index in [0.29, 0.717) is 18.7 Å². The van der Waals surface area contributed by atoms with Crippen molar-refractivity contribution in [3.63, 3.8) is 0 Å². The Balaban J connectivity index is 1.63. The first kappa shape index (κ1) is 17.2. The molecule has 1 amide bonds. The van der Waals surface area contributed by atoms with Crippen LogP contribution in [0.4, 0.5) is 11.5 Å². The lowest BCUT2D eigenvalue weighted by atomic mass is 9.91. The van der Waals surface area contributed by atoms with Gasteiger partial charge in [-0.15, -0.1) is 0 Å². The van der Waals surface area contributed by atoms with Crippen LogP contribution in [0.3, 0.4) is 0 Å². The molecule has 0 atom stereocenters. The summed E-state index contributed by atoms with van der Waals surface area (Å²) in [6, 6.07) is 15.6. The first-order valence-corrected chi connectivity index (χ1v) is 9.26. The number of aromatic nitrogens is 2. The minimum atomic E-state index is -0.0749. The molecule has 1 aromatic heterocycles. The molecule has 1 aliphatic carbocycles. The third-order valence-electron chi connectivity index (χ3n) is 4.86. The van der Waals surface area contributed by atoms with Gasteiger partial charge in [0.1, 0.15) is 0 Å². The number of carbonyl (C=O) groups excluding carboxylic acids is 1. The van der Waals surface area contributed by atoms with Gasteiger partial charge < -0.3 is 11.1 Å². The highest BCUT2D eigenvalue weighted by Crippen LogP contribution is 2.33. The van der Waals surface area contributed by atoms with E-state index in [9.17, 15) is 4.79 Å². The minimum absolute atomic E-state index is 0.0749. The first-order chi connectivity index (χ1) is 13.1. The Bertz CT molecular complexity index is 999. The number of rotatable bonds is 4. The van der Waals surface area contributed by atoms with Gasteiger partial charge >= 0.3 is 0 Å². The van der Waals surface area contributed by atoms with Crippen LogP contribution in [0, 0.1) is 0 Å². The van der Waals surface area contributed by atoms with E-state index in [4.69, 9.17) is 15.7 Å². The maximum absolute atomic E-state index is 12.5. The predicted molar refractivity (Wildman–Crippen MR) is 107 cm³/mol. The van der Waals surface area contributed by atoms with E-state index in [-0.39, 0.29) is 5.91 Å². The molecule has 3 N–H and O–H groups in total.